The van der Waals surface area contributed by atoms with Gasteiger partial charge in [0.25, 0.3) is 0 Å². The Labute approximate surface area is 184 Å². The third kappa shape index (κ3) is 7.49. The number of hydrogen-bond donors (Lipinski definition) is 3. The van der Waals surface area contributed by atoms with E-state index >= 15 is 0 Å². The van der Waals surface area contributed by atoms with Gasteiger partial charge in [-0.2, -0.15) is 0 Å². The van der Waals surface area contributed by atoms with Crippen molar-refractivity contribution in [2.24, 2.45) is 10.9 Å². The number of aliphatic imine (C=N–C) groups is 1. The fourth-order valence-electron chi connectivity index (χ4n) is 2.52. The lowest BCUT2D eigenvalue weighted by Crippen LogP contribution is -2.39. The van der Waals surface area contributed by atoms with E-state index in [1.165, 1.54) is 0 Å². The van der Waals surface area contributed by atoms with Crippen molar-refractivity contribution in [2.45, 2.75) is 27.3 Å². The van der Waals surface area contributed by atoms with E-state index in [9.17, 15) is 4.79 Å². The number of carbonyl (C=O) groups is 1. The van der Waals surface area contributed by atoms with Crippen molar-refractivity contribution in [1.29, 1.82) is 0 Å². The molecule has 0 unspecified atom stereocenters. The summed E-state index contributed by atoms with van der Waals surface area (Å²) in [7, 11) is 1.97. The van der Waals surface area contributed by atoms with Gasteiger partial charge in [-0.25, -0.2) is 4.98 Å². The second-order valence-electron chi connectivity index (χ2n) is 6.65. The highest BCUT2D eigenvalue weighted by atomic mass is 127. The van der Waals surface area contributed by atoms with Crippen molar-refractivity contribution >= 4 is 35.8 Å². The average Bonchev–Trinajstić information content (AvgIpc) is 3.13. The molecule has 0 saturated carbocycles. The first-order valence-electron chi connectivity index (χ1n) is 9.37. The van der Waals surface area contributed by atoms with Crippen LogP contribution in [0.5, 0.6) is 0 Å². The van der Waals surface area contributed by atoms with Crippen LogP contribution in [0, 0.1) is 5.92 Å². The van der Waals surface area contributed by atoms with Crippen LogP contribution in [-0.4, -0.2) is 53.4 Å². The van der Waals surface area contributed by atoms with Gasteiger partial charge in [0, 0.05) is 26.1 Å². The van der Waals surface area contributed by atoms with Crippen LogP contribution in [0.2, 0.25) is 0 Å². The van der Waals surface area contributed by atoms with E-state index in [-0.39, 0.29) is 35.8 Å². The standard InChI is InChI=1S/C20H30N6O.HI/c1-5-21-20(23-12-11-22-19(27)15(2)3)26(4)14-18-24-13-17(25-18)16-9-7-6-8-10-16;/h6-10,13,15H,5,11-12,14H2,1-4H3,(H,21,23)(H,22,27)(H,24,25);1H. The highest BCUT2D eigenvalue weighted by Gasteiger charge is 2.10. The topological polar surface area (TPSA) is 85.4 Å². The van der Waals surface area contributed by atoms with Gasteiger partial charge in [-0.1, -0.05) is 44.2 Å². The van der Waals surface area contributed by atoms with E-state index in [4.69, 9.17) is 0 Å². The lowest BCUT2D eigenvalue weighted by molar-refractivity contribution is -0.123. The molecule has 2 aromatic rings. The number of hydrogen-bond acceptors (Lipinski definition) is 3. The molecule has 7 nitrogen and oxygen atoms in total. The van der Waals surface area contributed by atoms with Gasteiger partial charge in [-0.3, -0.25) is 9.79 Å². The van der Waals surface area contributed by atoms with Crippen LogP contribution >= 0.6 is 24.0 Å². The number of amides is 1. The lowest BCUT2D eigenvalue weighted by atomic mass is 10.2. The predicted molar refractivity (Wildman–Crippen MR) is 125 cm³/mol. The first kappa shape index (κ1) is 23.9. The molecule has 28 heavy (non-hydrogen) atoms. The number of nitrogens with one attached hydrogen (secondary N) is 3. The summed E-state index contributed by atoms with van der Waals surface area (Å²) in [4.78, 5) is 26.0. The number of halogens is 1. The Bertz CT molecular complexity index is 744. The average molecular weight is 498 g/mol. The maximum atomic E-state index is 11.6. The molecule has 0 fully saturated rings. The van der Waals surface area contributed by atoms with Crippen molar-refractivity contribution < 1.29 is 4.79 Å². The molecule has 0 aliphatic rings. The number of aromatic nitrogens is 2. The highest BCUT2D eigenvalue weighted by molar-refractivity contribution is 14.0. The van der Waals surface area contributed by atoms with Crippen molar-refractivity contribution in [3.63, 3.8) is 0 Å². The molecule has 1 amide bonds. The fraction of sp³-hybridized carbons (Fsp3) is 0.450. The smallest absolute Gasteiger partial charge is 0.222 e. The van der Waals surface area contributed by atoms with Crippen LogP contribution in [0.4, 0.5) is 0 Å². The van der Waals surface area contributed by atoms with Gasteiger partial charge >= 0.3 is 0 Å². The van der Waals surface area contributed by atoms with E-state index < -0.39 is 0 Å². The van der Waals surface area contributed by atoms with Gasteiger partial charge < -0.3 is 20.5 Å². The second kappa shape index (κ2) is 12.4. The van der Waals surface area contributed by atoms with Crippen molar-refractivity contribution in [2.75, 3.05) is 26.7 Å². The van der Waals surface area contributed by atoms with Crippen LogP contribution in [-0.2, 0) is 11.3 Å². The summed E-state index contributed by atoms with van der Waals surface area (Å²) in [5, 5.41) is 6.15. The maximum Gasteiger partial charge on any atom is 0.222 e. The van der Waals surface area contributed by atoms with Gasteiger partial charge in [0.1, 0.15) is 5.82 Å². The maximum absolute atomic E-state index is 11.6. The first-order chi connectivity index (χ1) is 13.0. The molecular formula is C20H31IN6O. The minimum absolute atomic E-state index is 0. The molecule has 0 radical (unpaired) electrons. The Hall–Kier alpha value is -2.10. The summed E-state index contributed by atoms with van der Waals surface area (Å²) in [5.41, 5.74) is 2.11. The number of rotatable bonds is 8. The zero-order valence-corrected chi connectivity index (χ0v) is 19.4. The molecule has 0 spiro atoms. The van der Waals surface area contributed by atoms with Crippen molar-refractivity contribution in [3.8, 4) is 11.3 Å². The number of imidazole rings is 1. The number of H-pyrrole nitrogens is 1. The SMILES string of the molecule is CCNC(=NCCNC(=O)C(C)C)N(C)Cc1ncc(-c2ccccc2)[nH]1.I. The molecule has 1 heterocycles. The lowest BCUT2D eigenvalue weighted by Gasteiger charge is -2.21. The molecule has 0 saturated heterocycles. The van der Waals surface area contributed by atoms with Gasteiger partial charge in [-0.05, 0) is 12.5 Å². The normalized spacial score (nSPS) is 11.1. The Morgan fingerprint density at radius 2 is 1.96 bits per heavy atom. The summed E-state index contributed by atoms with van der Waals surface area (Å²) < 4.78 is 0. The van der Waals surface area contributed by atoms with Gasteiger partial charge in [0.05, 0.1) is 25.0 Å². The van der Waals surface area contributed by atoms with E-state index in [0.29, 0.717) is 19.6 Å². The minimum atomic E-state index is -0.0114. The molecule has 3 N–H and O–H groups in total. The molecular weight excluding hydrogens is 467 g/mol. The Morgan fingerprint density at radius 3 is 2.61 bits per heavy atom. The van der Waals surface area contributed by atoms with Crippen LogP contribution in [0.1, 0.15) is 26.6 Å². The minimum Gasteiger partial charge on any atom is -0.357 e. The number of benzene rings is 1. The largest absolute Gasteiger partial charge is 0.357 e. The zero-order chi connectivity index (χ0) is 19.6. The monoisotopic (exact) mass is 498 g/mol. The van der Waals surface area contributed by atoms with E-state index in [2.05, 4.69) is 37.7 Å². The van der Waals surface area contributed by atoms with Crippen molar-refractivity contribution in [3.05, 3.63) is 42.4 Å². The highest BCUT2D eigenvalue weighted by Crippen LogP contribution is 2.16. The van der Waals surface area contributed by atoms with Crippen molar-refractivity contribution in [1.82, 2.24) is 25.5 Å². The number of carbonyl (C=O) groups excluding carboxylic acids is 1. The van der Waals surface area contributed by atoms with Gasteiger partial charge in [-0.15, -0.1) is 24.0 Å². The molecule has 2 rings (SSSR count). The number of nitrogens with zero attached hydrogens (tertiary/aromatic N) is 3. The summed E-state index contributed by atoms with van der Waals surface area (Å²) >= 11 is 0. The third-order valence-corrected chi connectivity index (χ3v) is 3.99. The predicted octanol–water partition coefficient (Wildman–Crippen LogP) is 2.86. The number of aromatic amines is 1. The molecule has 0 aliphatic heterocycles. The zero-order valence-electron chi connectivity index (χ0n) is 17.0. The van der Waals surface area contributed by atoms with E-state index in [0.717, 1.165) is 29.6 Å². The Kier molecular flexibility index (Phi) is 10.6. The van der Waals surface area contributed by atoms with Gasteiger partial charge in [0.15, 0.2) is 5.96 Å². The summed E-state index contributed by atoms with van der Waals surface area (Å²) in [6.07, 6.45) is 1.85. The molecule has 154 valence electrons. The summed E-state index contributed by atoms with van der Waals surface area (Å²) in [6, 6.07) is 10.1. The quantitative estimate of drug-likeness (QED) is 0.226. The Balaban J connectivity index is 0.00000392. The van der Waals surface area contributed by atoms with Crippen LogP contribution < -0.4 is 10.6 Å². The van der Waals surface area contributed by atoms with Crippen LogP contribution in [0.15, 0.2) is 41.5 Å². The molecule has 1 aromatic carbocycles. The molecule has 1 aromatic heterocycles. The fourth-order valence-corrected chi connectivity index (χ4v) is 2.52. The van der Waals surface area contributed by atoms with Crippen LogP contribution in [0.25, 0.3) is 11.3 Å². The van der Waals surface area contributed by atoms with Gasteiger partial charge in [0.2, 0.25) is 5.91 Å². The van der Waals surface area contributed by atoms with E-state index in [1.54, 1.807) is 0 Å². The summed E-state index contributed by atoms with van der Waals surface area (Å²) in [5.74, 6) is 1.69. The van der Waals surface area contributed by atoms with E-state index in [1.807, 2.05) is 57.1 Å². The molecule has 0 atom stereocenters. The number of guanidine groups is 1. The molecule has 0 bridgehead atoms. The summed E-state index contributed by atoms with van der Waals surface area (Å²) in [6.45, 7) is 8.22. The van der Waals surface area contributed by atoms with Crippen LogP contribution in [0.3, 0.4) is 0 Å². The Morgan fingerprint density at radius 1 is 1.25 bits per heavy atom. The third-order valence-electron chi connectivity index (χ3n) is 3.99. The molecule has 8 heteroatoms. The molecule has 0 aliphatic carbocycles. The first-order valence-corrected chi connectivity index (χ1v) is 9.37. The second-order valence-corrected chi connectivity index (χ2v) is 6.65.